The fourth-order valence-corrected chi connectivity index (χ4v) is 7.33. The van der Waals surface area contributed by atoms with Gasteiger partial charge in [0.1, 0.15) is 5.57 Å². The van der Waals surface area contributed by atoms with Crippen LogP contribution in [0, 0.1) is 0 Å². The average Bonchev–Trinajstić information content (AvgIpc) is 3.58. The second-order valence-corrected chi connectivity index (χ2v) is 14.2. The van der Waals surface area contributed by atoms with Crippen molar-refractivity contribution in [1.29, 1.82) is 0 Å². The van der Waals surface area contributed by atoms with Crippen molar-refractivity contribution in [1.82, 2.24) is 5.01 Å². The minimum absolute atomic E-state index is 0.0251. The Labute approximate surface area is 304 Å². The van der Waals surface area contributed by atoms with E-state index in [9.17, 15) is 14.4 Å². The fourth-order valence-electron chi connectivity index (χ4n) is 6.03. The maximum absolute atomic E-state index is 13.2. The zero-order valence-corrected chi connectivity index (χ0v) is 30.6. The van der Waals surface area contributed by atoms with Crippen LogP contribution in [0.4, 0.5) is 5.69 Å². The molecule has 3 amide bonds. The zero-order chi connectivity index (χ0) is 34.5. The van der Waals surface area contributed by atoms with Crippen molar-refractivity contribution in [2.75, 3.05) is 5.01 Å². The van der Waals surface area contributed by atoms with Crippen molar-refractivity contribution < 1.29 is 14.4 Å². The van der Waals surface area contributed by atoms with Crippen LogP contribution in [-0.2, 0) is 20.8 Å². The van der Waals surface area contributed by atoms with E-state index >= 15 is 0 Å². The number of anilines is 1. The van der Waals surface area contributed by atoms with Gasteiger partial charge >= 0.3 is 0 Å². The van der Waals surface area contributed by atoms with Gasteiger partial charge < -0.3 is 0 Å². The molecular formula is C37H44Cl4N4O3. The number of alkyl halides is 1. The van der Waals surface area contributed by atoms with Crippen molar-refractivity contribution in [3.8, 4) is 0 Å². The third kappa shape index (κ3) is 10.4. The summed E-state index contributed by atoms with van der Waals surface area (Å²) in [6, 6.07) is 10.2. The number of para-hydroxylation sites is 1. The molecule has 0 N–H and O–H groups in total. The van der Waals surface area contributed by atoms with Crippen LogP contribution in [0.1, 0.15) is 114 Å². The van der Waals surface area contributed by atoms with E-state index in [0.717, 1.165) is 29.8 Å². The lowest BCUT2D eigenvalue weighted by Gasteiger charge is -2.33. The Morgan fingerprint density at radius 2 is 1.40 bits per heavy atom. The first-order chi connectivity index (χ1) is 23.2. The first kappa shape index (κ1) is 38.1. The quantitative estimate of drug-likeness (QED) is 0.0587. The Balaban J connectivity index is 1.43. The van der Waals surface area contributed by atoms with Crippen LogP contribution in [-0.4, -0.2) is 28.1 Å². The smallest absolute Gasteiger partial charge is 0.272 e. The van der Waals surface area contributed by atoms with Gasteiger partial charge in [-0.15, -0.1) is 21.8 Å². The molecule has 2 heterocycles. The molecule has 1 saturated heterocycles. The van der Waals surface area contributed by atoms with Crippen LogP contribution in [0.3, 0.4) is 0 Å². The molecule has 48 heavy (non-hydrogen) atoms. The molecule has 4 rings (SSSR count). The Morgan fingerprint density at radius 3 is 2.04 bits per heavy atom. The Morgan fingerprint density at radius 1 is 0.812 bits per heavy atom. The van der Waals surface area contributed by atoms with Crippen LogP contribution in [0.15, 0.2) is 64.6 Å². The minimum atomic E-state index is -0.711. The molecule has 0 bridgehead atoms. The van der Waals surface area contributed by atoms with Gasteiger partial charge in [0, 0.05) is 28.8 Å². The van der Waals surface area contributed by atoms with Gasteiger partial charge in [-0.05, 0) is 55.9 Å². The van der Waals surface area contributed by atoms with E-state index in [-0.39, 0.29) is 50.2 Å². The standard InChI is InChI=1S/C37H44Cl4N4O3/c1-2-3-4-5-6-7-8-9-10-11-12-13-14-15-19-27(38)23-26-18-16-17-20-31(26)44(45-32(46)21-22-33(45)47)36-35(37(48)43-42-36)34-29(40)24-28(39)25-30(34)41/h13-14,16-18,20,24-25,27H,2-12,15,19,21-23H2,1H3. The first-order valence-electron chi connectivity index (χ1n) is 17.1. The van der Waals surface area contributed by atoms with Crippen LogP contribution >= 0.6 is 46.4 Å². The maximum Gasteiger partial charge on any atom is 0.300 e. The Kier molecular flexibility index (Phi) is 15.5. The number of amides is 3. The highest BCUT2D eigenvalue weighted by Crippen LogP contribution is 2.42. The van der Waals surface area contributed by atoms with Crippen LogP contribution < -0.4 is 5.01 Å². The molecular weight excluding hydrogens is 690 g/mol. The van der Waals surface area contributed by atoms with Crippen molar-refractivity contribution in [2.45, 2.75) is 115 Å². The van der Waals surface area contributed by atoms with Gasteiger partial charge in [-0.25, -0.2) is 5.01 Å². The number of rotatable bonds is 20. The monoisotopic (exact) mass is 732 g/mol. The number of hydrazine groups is 1. The van der Waals surface area contributed by atoms with Gasteiger partial charge in [-0.3, -0.25) is 14.4 Å². The number of nitrogens with zero attached hydrogens (tertiary/aromatic N) is 4. The number of azo groups is 1. The summed E-state index contributed by atoms with van der Waals surface area (Å²) in [5.74, 6) is -1.61. The van der Waals surface area contributed by atoms with Crippen LogP contribution in [0.2, 0.25) is 15.1 Å². The van der Waals surface area contributed by atoms with Gasteiger partial charge in [0.2, 0.25) is 11.8 Å². The molecule has 0 spiro atoms. The molecule has 1 fully saturated rings. The van der Waals surface area contributed by atoms with E-state index in [4.69, 9.17) is 46.4 Å². The van der Waals surface area contributed by atoms with Gasteiger partial charge in [-0.2, -0.15) is 5.01 Å². The molecule has 258 valence electrons. The largest absolute Gasteiger partial charge is 0.300 e. The second kappa shape index (κ2) is 19.5. The lowest BCUT2D eigenvalue weighted by atomic mass is 10.0. The first-order valence-corrected chi connectivity index (χ1v) is 18.7. The Bertz CT molecular complexity index is 1500. The third-order valence-electron chi connectivity index (χ3n) is 8.55. The lowest BCUT2D eigenvalue weighted by Crippen LogP contribution is -2.46. The summed E-state index contributed by atoms with van der Waals surface area (Å²) in [4.78, 5) is 39.4. The zero-order valence-electron chi connectivity index (χ0n) is 27.5. The highest BCUT2D eigenvalue weighted by Gasteiger charge is 2.41. The molecule has 2 aliphatic rings. The van der Waals surface area contributed by atoms with Crippen LogP contribution in [0.25, 0.3) is 5.57 Å². The number of imide groups is 1. The van der Waals surface area contributed by atoms with Crippen molar-refractivity contribution >= 4 is 75.4 Å². The maximum atomic E-state index is 13.2. The molecule has 2 aromatic rings. The number of carbonyl (C=O) groups excluding carboxylic acids is 3. The highest BCUT2D eigenvalue weighted by molar-refractivity contribution is 6.43. The molecule has 7 nitrogen and oxygen atoms in total. The van der Waals surface area contributed by atoms with E-state index in [0.29, 0.717) is 12.1 Å². The number of benzene rings is 2. The third-order valence-corrected chi connectivity index (χ3v) is 9.74. The number of hydrogen-bond acceptors (Lipinski definition) is 5. The average molecular weight is 735 g/mol. The van der Waals surface area contributed by atoms with Crippen molar-refractivity contribution in [2.24, 2.45) is 10.2 Å². The van der Waals surface area contributed by atoms with Gasteiger partial charge in [0.05, 0.1) is 15.7 Å². The summed E-state index contributed by atoms with van der Waals surface area (Å²) in [5.41, 5.74) is 1.37. The molecule has 0 radical (unpaired) electrons. The molecule has 2 aliphatic heterocycles. The minimum Gasteiger partial charge on any atom is -0.272 e. The van der Waals surface area contributed by atoms with Gasteiger partial charge in [-0.1, -0.05) is 130 Å². The summed E-state index contributed by atoms with van der Waals surface area (Å²) >= 11 is 26.0. The number of halogens is 4. The normalized spacial score (nSPS) is 15.5. The number of unbranched alkanes of at least 4 members (excludes halogenated alkanes) is 10. The molecule has 0 aromatic heterocycles. The summed E-state index contributed by atoms with van der Waals surface area (Å²) in [6.07, 6.45) is 20.9. The van der Waals surface area contributed by atoms with E-state index in [1.54, 1.807) is 12.1 Å². The molecule has 0 saturated carbocycles. The number of hydrogen-bond donors (Lipinski definition) is 0. The molecule has 1 atom stereocenters. The fraction of sp³-hybridized carbons (Fsp3) is 0.486. The van der Waals surface area contributed by atoms with E-state index < -0.39 is 17.7 Å². The highest BCUT2D eigenvalue weighted by atomic mass is 35.5. The molecule has 11 heteroatoms. The summed E-state index contributed by atoms with van der Waals surface area (Å²) < 4.78 is 0. The SMILES string of the molecule is CCCCCCCCCCCCC=CCCC(Cl)Cc1ccccc1N(C1=C(c2c(Cl)cc(Cl)cc2Cl)C(=O)N=N1)N1C(=O)CCC1=O. The second-order valence-electron chi connectivity index (χ2n) is 12.3. The topological polar surface area (TPSA) is 82.4 Å². The van der Waals surface area contributed by atoms with Crippen molar-refractivity contribution in [3.05, 3.63) is 80.6 Å². The summed E-state index contributed by atoms with van der Waals surface area (Å²) in [5, 5.41) is 10.6. The predicted molar refractivity (Wildman–Crippen MR) is 196 cm³/mol. The van der Waals surface area contributed by atoms with E-state index in [2.05, 4.69) is 29.3 Å². The lowest BCUT2D eigenvalue weighted by molar-refractivity contribution is -0.138. The molecule has 1 unspecified atom stereocenters. The Hall–Kier alpha value is -2.71. The summed E-state index contributed by atoms with van der Waals surface area (Å²) in [6.45, 7) is 2.25. The summed E-state index contributed by atoms with van der Waals surface area (Å²) in [7, 11) is 0. The van der Waals surface area contributed by atoms with Gasteiger partial charge in [0.25, 0.3) is 5.91 Å². The number of allylic oxidation sites excluding steroid dienone is 2. The van der Waals surface area contributed by atoms with E-state index in [1.807, 2.05) is 12.1 Å². The molecule has 0 aliphatic carbocycles. The van der Waals surface area contributed by atoms with Crippen LogP contribution in [0.5, 0.6) is 0 Å². The van der Waals surface area contributed by atoms with Gasteiger partial charge in [0.15, 0.2) is 5.82 Å². The van der Waals surface area contributed by atoms with Crippen molar-refractivity contribution in [3.63, 3.8) is 0 Å². The predicted octanol–water partition coefficient (Wildman–Crippen LogP) is 11.7. The van der Waals surface area contributed by atoms with E-state index in [1.165, 1.54) is 81.3 Å². The molecule has 2 aromatic carbocycles. The number of carbonyl (C=O) groups is 3.